The Hall–Kier alpha value is -3.55. The Morgan fingerprint density at radius 2 is 1.81 bits per heavy atom. The van der Waals surface area contributed by atoms with E-state index in [-0.39, 0.29) is 24.2 Å². The van der Waals surface area contributed by atoms with Crippen LogP contribution in [0, 0.1) is 6.92 Å². The van der Waals surface area contributed by atoms with Crippen molar-refractivity contribution >= 4 is 11.9 Å². The van der Waals surface area contributed by atoms with E-state index < -0.39 is 5.97 Å². The average Bonchev–Trinajstić information content (AvgIpc) is 3.03. The van der Waals surface area contributed by atoms with Gasteiger partial charge in [0, 0.05) is 18.0 Å². The van der Waals surface area contributed by atoms with Crippen LogP contribution in [-0.4, -0.2) is 36.7 Å². The Balaban J connectivity index is 1.66. The molecule has 0 fully saturated rings. The SMILES string of the molecule is Cc1cc(C(=O)O)n(CC(=O)NC(C)c2ccc(-c3cncnc3)cc2)n1. The lowest BCUT2D eigenvalue weighted by Gasteiger charge is -2.15. The van der Waals surface area contributed by atoms with Gasteiger partial charge in [0.1, 0.15) is 18.6 Å². The second-order valence-corrected chi connectivity index (χ2v) is 6.17. The summed E-state index contributed by atoms with van der Waals surface area (Å²) in [5, 5.41) is 16.1. The maximum absolute atomic E-state index is 12.3. The fourth-order valence-electron chi connectivity index (χ4n) is 2.76. The predicted molar refractivity (Wildman–Crippen MR) is 97.9 cm³/mol. The topological polar surface area (TPSA) is 110 Å². The molecule has 0 spiro atoms. The summed E-state index contributed by atoms with van der Waals surface area (Å²) in [5.74, 6) is -1.43. The average molecular weight is 365 g/mol. The molecule has 1 unspecified atom stereocenters. The molecule has 2 heterocycles. The molecule has 0 saturated carbocycles. The van der Waals surface area contributed by atoms with Gasteiger partial charge in [0.25, 0.3) is 0 Å². The summed E-state index contributed by atoms with van der Waals surface area (Å²) in [6.07, 6.45) is 4.95. The Morgan fingerprint density at radius 1 is 1.15 bits per heavy atom. The molecule has 0 saturated heterocycles. The number of amides is 1. The van der Waals surface area contributed by atoms with Crippen molar-refractivity contribution in [1.29, 1.82) is 0 Å². The molecule has 0 aliphatic heterocycles. The normalized spacial score (nSPS) is 11.8. The van der Waals surface area contributed by atoms with Crippen molar-refractivity contribution in [1.82, 2.24) is 25.1 Å². The summed E-state index contributed by atoms with van der Waals surface area (Å²) in [4.78, 5) is 31.5. The maximum atomic E-state index is 12.3. The number of carbonyl (C=O) groups is 2. The van der Waals surface area contributed by atoms with Crippen LogP contribution in [-0.2, 0) is 11.3 Å². The zero-order valence-electron chi connectivity index (χ0n) is 15.0. The first-order valence-electron chi connectivity index (χ1n) is 8.36. The second-order valence-electron chi connectivity index (χ2n) is 6.17. The molecule has 1 aromatic carbocycles. The zero-order valence-corrected chi connectivity index (χ0v) is 15.0. The van der Waals surface area contributed by atoms with Gasteiger partial charge in [0.2, 0.25) is 5.91 Å². The number of aromatic nitrogens is 4. The summed E-state index contributed by atoms with van der Waals surface area (Å²) in [7, 11) is 0. The van der Waals surface area contributed by atoms with E-state index in [1.54, 1.807) is 19.3 Å². The molecule has 27 heavy (non-hydrogen) atoms. The molecule has 8 heteroatoms. The van der Waals surface area contributed by atoms with Crippen LogP contribution in [0.4, 0.5) is 0 Å². The van der Waals surface area contributed by atoms with E-state index in [0.717, 1.165) is 16.7 Å². The van der Waals surface area contributed by atoms with Crippen molar-refractivity contribution in [3.63, 3.8) is 0 Å². The molecule has 0 aliphatic rings. The Bertz CT molecular complexity index is 951. The van der Waals surface area contributed by atoms with Crippen molar-refractivity contribution in [2.75, 3.05) is 0 Å². The Labute approximate surface area is 155 Å². The van der Waals surface area contributed by atoms with Crippen molar-refractivity contribution in [3.8, 4) is 11.1 Å². The van der Waals surface area contributed by atoms with Crippen LogP contribution in [0.5, 0.6) is 0 Å². The number of aromatic carboxylic acids is 1. The van der Waals surface area contributed by atoms with Gasteiger partial charge >= 0.3 is 5.97 Å². The minimum atomic E-state index is -1.11. The molecule has 1 amide bonds. The minimum Gasteiger partial charge on any atom is -0.477 e. The highest BCUT2D eigenvalue weighted by Gasteiger charge is 2.16. The van der Waals surface area contributed by atoms with E-state index in [9.17, 15) is 14.7 Å². The summed E-state index contributed by atoms with van der Waals surface area (Å²) in [5.41, 5.74) is 3.37. The highest BCUT2D eigenvalue weighted by atomic mass is 16.4. The van der Waals surface area contributed by atoms with Gasteiger partial charge in [0.05, 0.1) is 11.7 Å². The van der Waals surface area contributed by atoms with E-state index in [2.05, 4.69) is 20.4 Å². The summed E-state index contributed by atoms with van der Waals surface area (Å²) >= 11 is 0. The number of hydrogen-bond donors (Lipinski definition) is 2. The van der Waals surface area contributed by atoms with E-state index in [1.165, 1.54) is 17.1 Å². The van der Waals surface area contributed by atoms with Gasteiger partial charge in [-0.3, -0.25) is 4.79 Å². The number of hydrogen-bond acceptors (Lipinski definition) is 5. The fourth-order valence-corrected chi connectivity index (χ4v) is 2.76. The maximum Gasteiger partial charge on any atom is 0.354 e. The van der Waals surface area contributed by atoms with E-state index in [0.29, 0.717) is 5.69 Å². The molecular weight excluding hydrogens is 346 g/mol. The van der Waals surface area contributed by atoms with Crippen LogP contribution in [0.1, 0.15) is 34.7 Å². The third-order valence-corrected chi connectivity index (χ3v) is 4.10. The second kappa shape index (κ2) is 7.77. The third-order valence-electron chi connectivity index (χ3n) is 4.10. The number of nitrogens with zero attached hydrogens (tertiary/aromatic N) is 4. The summed E-state index contributed by atoms with van der Waals surface area (Å²) in [6.45, 7) is 3.40. The number of aryl methyl sites for hydroxylation is 1. The van der Waals surface area contributed by atoms with E-state index in [4.69, 9.17) is 0 Å². The van der Waals surface area contributed by atoms with Crippen molar-refractivity contribution in [2.24, 2.45) is 0 Å². The Morgan fingerprint density at radius 3 is 2.44 bits per heavy atom. The minimum absolute atomic E-state index is 0.00950. The quantitative estimate of drug-likeness (QED) is 0.693. The largest absolute Gasteiger partial charge is 0.477 e. The van der Waals surface area contributed by atoms with Crippen LogP contribution in [0.3, 0.4) is 0 Å². The number of benzene rings is 1. The molecule has 3 rings (SSSR count). The molecule has 2 N–H and O–H groups in total. The van der Waals surface area contributed by atoms with Crippen LogP contribution in [0.15, 0.2) is 49.1 Å². The number of carbonyl (C=O) groups excluding carboxylic acids is 1. The molecule has 0 radical (unpaired) electrons. The Kier molecular flexibility index (Phi) is 5.25. The van der Waals surface area contributed by atoms with Crippen molar-refractivity contribution in [2.45, 2.75) is 26.4 Å². The van der Waals surface area contributed by atoms with Gasteiger partial charge in [-0.2, -0.15) is 5.10 Å². The molecule has 138 valence electrons. The highest BCUT2D eigenvalue weighted by molar-refractivity contribution is 5.86. The van der Waals surface area contributed by atoms with E-state index >= 15 is 0 Å². The van der Waals surface area contributed by atoms with Gasteiger partial charge in [-0.25, -0.2) is 19.4 Å². The standard InChI is InChI=1S/C19H19N5O3/c1-12-7-17(19(26)27)24(23-12)10-18(25)22-13(2)14-3-5-15(6-4-14)16-8-20-11-21-9-16/h3-9,11,13H,10H2,1-2H3,(H,22,25)(H,26,27). The third kappa shape index (κ3) is 4.35. The molecule has 8 nitrogen and oxygen atoms in total. The fraction of sp³-hybridized carbons (Fsp3) is 0.211. The number of nitrogens with one attached hydrogen (secondary N) is 1. The lowest BCUT2D eigenvalue weighted by molar-refractivity contribution is -0.122. The van der Waals surface area contributed by atoms with Crippen LogP contribution < -0.4 is 5.32 Å². The molecule has 1 atom stereocenters. The first-order valence-corrected chi connectivity index (χ1v) is 8.36. The molecule has 0 aliphatic carbocycles. The van der Waals surface area contributed by atoms with Gasteiger partial charge in [-0.15, -0.1) is 0 Å². The van der Waals surface area contributed by atoms with Crippen molar-refractivity contribution < 1.29 is 14.7 Å². The monoisotopic (exact) mass is 365 g/mol. The number of carboxylic acid groups (broad SMARTS) is 1. The van der Waals surface area contributed by atoms with Gasteiger partial charge < -0.3 is 10.4 Å². The van der Waals surface area contributed by atoms with Crippen LogP contribution in [0.2, 0.25) is 0 Å². The van der Waals surface area contributed by atoms with Crippen LogP contribution >= 0.6 is 0 Å². The lowest BCUT2D eigenvalue weighted by atomic mass is 10.0. The summed E-state index contributed by atoms with van der Waals surface area (Å²) < 4.78 is 1.19. The highest BCUT2D eigenvalue weighted by Crippen LogP contribution is 2.20. The first-order chi connectivity index (χ1) is 12.9. The smallest absolute Gasteiger partial charge is 0.354 e. The molecule has 3 aromatic rings. The number of rotatable bonds is 6. The predicted octanol–water partition coefficient (Wildman–Crippen LogP) is 2.22. The lowest BCUT2D eigenvalue weighted by Crippen LogP contribution is -2.31. The molecule has 2 aromatic heterocycles. The van der Waals surface area contributed by atoms with Gasteiger partial charge in [0.15, 0.2) is 0 Å². The van der Waals surface area contributed by atoms with E-state index in [1.807, 2.05) is 31.2 Å². The van der Waals surface area contributed by atoms with Gasteiger partial charge in [-0.1, -0.05) is 24.3 Å². The van der Waals surface area contributed by atoms with Crippen molar-refractivity contribution in [3.05, 3.63) is 66.0 Å². The molecule has 0 bridgehead atoms. The summed E-state index contributed by atoms with van der Waals surface area (Å²) in [6, 6.07) is 8.93. The number of carboxylic acids is 1. The first kappa shape index (κ1) is 18.2. The van der Waals surface area contributed by atoms with Crippen LogP contribution in [0.25, 0.3) is 11.1 Å². The molecular formula is C19H19N5O3. The van der Waals surface area contributed by atoms with Gasteiger partial charge in [-0.05, 0) is 31.0 Å². The zero-order chi connectivity index (χ0) is 19.4.